The van der Waals surface area contributed by atoms with Gasteiger partial charge in [-0.2, -0.15) is 0 Å². The molecule has 0 amide bonds. The van der Waals surface area contributed by atoms with Crippen LogP contribution in [0.1, 0.15) is 44.6 Å². The lowest BCUT2D eigenvalue weighted by atomic mass is 10.1. The van der Waals surface area contributed by atoms with Crippen LogP contribution in [0.25, 0.3) is 0 Å². The van der Waals surface area contributed by atoms with Crippen LogP contribution in [-0.2, 0) is 6.54 Å². The Hall–Kier alpha value is -1.82. The minimum absolute atomic E-state index is 0.659. The summed E-state index contributed by atoms with van der Waals surface area (Å²) in [5, 5.41) is 6.80. The van der Waals surface area contributed by atoms with E-state index in [9.17, 15) is 0 Å². The lowest BCUT2D eigenvalue weighted by molar-refractivity contribution is 0.232. The Labute approximate surface area is 158 Å². The summed E-state index contributed by atoms with van der Waals surface area (Å²) in [6, 6.07) is 4.29. The Kier molecular flexibility index (Phi) is 7.55. The van der Waals surface area contributed by atoms with E-state index in [0.29, 0.717) is 6.54 Å². The Morgan fingerprint density at radius 2 is 1.81 bits per heavy atom. The van der Waals surface area contributed by atoms with Gasteiger partial charge in [0.25, 0.3) is 0 Å². The number of aromatic nitrogens is 1. The van der Waals surface area contributed by atoms with Crippen LogP contribution in [0.15, 0.2) is 23.3 Å². The largest absolute Gasteiger partial charge is 0.357 e. The molecule has 3 rings (SSSR count). The second-order valence-corrected chi connectivity index (χ2v) is 7.24. The average molecular weight is 359 g/mol. The van der Waals surface area contributed by atoms with Gasteiger partial charge in [0.2, 0.25) is 0 Å². The van der Waals surface area contributed by atoms with Gasteiger partial charge in [0, 0.05) is 38.9 Å². The summed E-state index contributed by atoms with van der Waals surface area (Å²) in [6.07, 6.45) is 8.60. The number of pyridine rings is 1. The van der Waals surface area contributed by atoms with Crippen molar-refractivity contribution in [2.75, 3.05) is 50.7 Å². The molecular formula is C20H34N6. The highest BCUT2D eigenvalue weighted by Gasteiger charge is 2.13. The van der Waals surface area contributed by atoms with E-state index < -0.39 is 0 Å². The molecule has 0 bridgehead atoms. The van der Waals surface area contributed by atoms with Gasteiger partial charge in [0.05, 0.1) is 6.54 Å². The summed E-state index contributed by atoms with van der Waals surface area (Å²) in [7, 11) is 0. The fourth-order valence-electron chi connectivity index (χ4n) is 3.67. The summed E-state index contributed by atoms with van der Waals surface area (Å²) < 4.78 is 0. The summed E-state index contributed by atoms with van der Waals surface area (Å²) in [5.41, 5.74) is 1.15. The predicted octanol–water partition coefficient (Wildman–Crippen LogP) is 2.22. The van der Waals surface area contributed by atoms with E-state index in [1.54, 1.807) is 0 Å². The standard InChI is InChI=1S/C20H34N6/c1-2-21-20(22-10-15-25-11-4-3-5-12-25)24-17-18-8-9-19(23-16-18)26-13-6-7-14-26/h8-9,16H,2-7,10-15,17H2,1H3,(H2,21,22,24). The van der Waals surface area contributed by atoms with E-state index in [2.05, 4.69) is 44.5 Å². The maximum atomic E-state index is 4.72. The summed E-state index contributed by atoms with van der Waals surface area (Å²) in [4.78, 5) is 14.2. The highest BCUT2D eigenvalue weighted by atomic mass is 15.2. The topological polar surface area (TPSA) is 55.8 Å². The molecule has 2 aliphatic heterocycles. The van der Waals surface area contributed by atoms with Crippen molar-refractivity contribution in [2.24, 2.45) is 4.99 Å². The van der Waals surface area contributed by atoms with Crippen LogP contribution in [0.3, 0.4) is 0 Å². The number of guanidine groups is 1. The number of piperidine rings is 1. The molecule has 26 heavy (non-hydrogen) atoms. The van der Waals surface area contributed by atoms with Crippen LogP contribution in [-0.4, -0.2) is 61.7 Å². The molecule has 1 aromatic heterocycles. The quantitative estimate of drug-likeness (QED) is 0.578. The SMILES string of the molecule is CCNC(=NCc1ccc(N2CCCC2)nc1)NCCN1CCCCC1. The van der Waals surface area contributed by atoms with E-state index in [1.165, 1.54) is 45.2 Å². The van der Waals surface area contributed by atoms with Gasteiger partial charge in [-0.1, -0.05) is 12.5 Å². The number of anilines is 1. The number of aliphatic imine (C=N–C) groups is 1. The Morgan fingerprint density at radius 1 is 1.04 bits per heavy atom. The Morgan fingerprint density at radius 3 is 2.50 bits per heavy atom. The number of nitrogens with one attached hydrogen (secondary N) is 2. The normalized spacial score (nSPS) is 19.0. The van der Waals surface area contributed by atoms with Crippen molar-refractivity contribution in [1.82, 2.24) is 20.5 Å². The molecule has 0 saturated carbocycles. The number of likely N-dealkylation sites (tertiary alicyclic amines) is 1. The average Bonchev–Trinajstić information content (AvgIpc) is 3.22. The highest BCUT2D eigenvalue weighted by molar-refractivity contribution is 5.79. The second kappa shape index (κ2) is 10.4. The summed E-state index contributed by atoms with van der Waals surface area (Å²) >= 11 is 0. The van der Waals surface area contributed by atoms with Crippen LogP contribution in [0.2, 0.25) is 0 Å². The van der Waals surface area contributed by atoms with Crippen molar-refractivity contribution in [2.45, 2.75) is 45.6 Å². The minimum Gasteiger partial charge on any atom is -0.357 e. The van der Waals surface area contributed by atoms with Gasteiger partial charge in [-0.3, -0.25) is 0 Å². The van der Waals surface area contributed by atoms with Crippen LogP contribution >= 0.6 is 0 Å². The molecule has 144 valence electrons. The molecule has 0 spiro atoms. The van der Waals surface area contributed by atoms with Gasteiger partial charge in [0.1, 0.15) is 5.82 Å². The monoisotopic (exact) mass is 358 g/mol. The van der Waals surface area contributed by atoms with E-state index in [0.717, 1.165) is 50.1 Å². The van der Waals surface area contributed by atoms with Gasteiger partial charge < -0.3 is 20.4 Å². The molecule has 3 heterocycles. The molecule has 6 nitrogen and oxygen atoms in total. The van der Waals surface area contributed by atoms with Gasteiger partial charge in [-0.15, -0.1) is 0 Å². The Balaban J connectivity index is 1.46. The minimum atomic E-state index is 0.659. The van der Waals surface area contributed by atoms with Crippen LogP contribution in [0.4, 0.5) is 5.82 Å². The van der Waals surface area contributed by atoms with Crippen LogP contribution in [0, 0.1) is 0 Å². The van der Waals surface area contributed by atoms with Crippen molar-refractivity contribution < 1.29 is 0 Å². The molecular weight excluding hydrogens is 324 g/mol. The molecule has 2 aliphatic rings. The maximum absolute atomic E-state index is 4.72. The van der Waals surface area contributed by atoms with Gasteiger partial charge >= 0.3 is 0 Å². The summed E-state index contributed by atoms with van der Waals surface area (Å²) in [6.45, 7) is 10.4. The van der Waals surface area contributed by atoms with E-state index in [-0.39, 0.29) is 0 Å². The summed E-state index contributed by atoms with van der Waals surface area (Å²) in [5.74, 6) is 2.00. The first-order valence-corrected chi connectivity index (χ1v) is 10.3. The third kappa shape index (κ3) is 5.87. The zero-order valence-corrected chi connectivity index (χ0v) is 16.2. The first-order chi connectivity index (χ1) is 12.8. The van der Waals surface area contributed by atoms with E-state index >= 15 is 0 Å². The van der Waals surface area contributed by atoms with Crippen LogP contribution < -0.4 is 15.5 Å². The fraction of sp³-hybridized carbons (Fsp3) is 0.700. The molecule has 0 atom stereocenters. The van der Waals surface area contributed by atoms with Gasteiger partial charge in [-0.25, -0.2) is 9.98 Å². The van der Waals surface area contributed by atoms with E-state index in [4.69, 9.17) is 4.99 Å². The van der Waals surface area contributed by atoms with Crippen molar-refractivity contribution in [3.63, 3.8) is 0 Å². The second-order valence-electron chi connectivity index (χ2n) is 7.24. The third-order valence-electron chi connectivity index (χ3n) is 5.17. The molecule has 2 N–H and O–H groups in total. The van der Waals surface area contributed by atoms with Crippen molar-refractivity contribution in [3.05, 3.63) is 23.9 Å². The molecule has 0 radical (unpaired) electrons. The zero-order chi connectivity index (χ0) is 18.0. The first-order valence-electron chi connectivity index (χ1n) is 10.3. The molecule has 2 fully saturated rings. The molecule has 0 unspecified atom stereocenters. The molecule has 1 aromatic rings. The molecule has 6 heteroatoms. The lowest BCUT2D eigenvalue weighted by Gasteiger charge is -2.26. The van der Waals surface area contributed by atoms with Crippen molar-refractivity contribution >= 4 is 11.8 Å². The zero-order valence-electron chi connectivity index (χ0n) is 16.2. The molecule has 0 aliphatic carbocycles. The predicted molar refractivity (Wildman–Crippen MR) is 109 cm³/mol. The van der Waals surface area contributed by atoms with E-state index in [1.807, 2.05) is 6.20 Å². The lowest BCUT2D eigenvalue weighted by Crippen LogP contribution is -2.42. The van der Waals surface area contributed by atoms with Crippen molar-refractivity contribution in [3.8, 4) is 0 Å². The Bertz CT molecular complexity index is 544. The molecule has 0 aromatic carbocycles. The molecule has 2 saturated heterocycles. The first kappa shape index (κ1) is 19.0. The van der Waals surface area contributed by atoms with Gasteiger partial charge in [-0.05, 0) is 57.3 Å². The number of rotatable bonds is 7. The highest BCUT2D eigenvalue weighted by Crippen LogP contribution is 2.17. The fourth-order valence-corrected chi connectivity index (χ4v) is 3.67. The van der Waals surface area contributed by atoms with Crippen molar-refractivity contribution in [1.29, 1.82) is 0 Å². The third-order valence-corrected chi connectivity index (χ3v) is 5.17. The van der Waals surface area contributed by atoms with Crippen LogP contribution in [0.5, 0.6) is 0 Å². The maximum Gasteiger partial charge on any atom is 0.191 e. The smallest absolute Gasteiger partial charge is 0.191 e. The number of nitrogens with zero attached hydrogens (tertiary/aromatic N) is 4. The number of hydrogen-bond acceptors (Lipinski definition) is 4. The van der Waals surface area contributed by atoms with Gasteiger partial charge in [0.15, 0.2) is 5.96 Å². The number of hydrogen-bond donors (Lipinski definition) is 2.